The van der Waals surface area contributed by atoms with Crippen LogP contribution in [-0.2, 0) is 0 Å². The Morgan fingerprint density at radius 2 is 1.43 bits per heavy atom. The summed E-state index contributed by atoms with van der Waals surface area (Å²) in [7, 11) is 0. The maximum atomic E-state index is 5.06. The van der Waals surface area contributed by atoms with E-state index in [1.165, 1.54) is 0 Å². The van der Waals surface area contributed by atoms with E-state index in [1.807, 2.05) is 20.8 Å². The van der Waals surface area contributed by atoms with E-state index in [4.69, 9.17) is 5.84 Å². The van der Waals surface area contributed by atoms with Crippen molar-refractivity contribution >= 4 is 0 Å². The number of rotatable bonds is 0. The Labute approximate surface area is 50.8 Å². The summed E-state index contributed by atoms with van der Waals surface area (Å²) in [6.45, 7) is 6.02. The maximum Gasteiger partial charge on any atom is 0.0236 e. The van der Waals surface area contributed by atoms with Gasteiger partial charge in [-0.15, -0.1) is 0 Å². The molecule has 0 heterocycles. The maximum absolute atomic E-state index is 5.06. The predicted octanol–water partition coefficient (Wildman–Crippen LogP) is -2.75. The quantitative estimate of drug-likeness (QED) is 0.271. The summed E-state index contributed by atoms with van der Waals surface area (Å²) in [6.07, 6.45) is 0. The van der Waals surface area contributed by atoms with E-state index in [0.29, 0.717) is 0 Å². The first kappa shape index (κ1) is 10.2. The van der Waals surface area contributed by atoms with Gasteiger partial charge in [0.2, 0.25) is 0 Å². The molecule has 0 radical (unpaired) electrons. The van der Waals surface area contributed by atoms with Gasteiger partial charge in [0.15, 0.2) is 0 Å². The Morgan fingerprint density at radius 1 is 1.29 bits per heavy atom. The highest BCUT2D eigenvalue weighted by Gasteiger charge is 2.02. The SMILES string of the molecule is CC(C)(C)NN.[Cl-]. The number of hydrogen-bond donors (Lipinski definition) is 2. The highest BCUT2D eigenvalue weighted by Crippen LogP contribution is 1.92. The summed E-state index contributed by atoms with van der Waals surface area (Å²) in [5, 5.41) is 0. The zero-order valence-corrected chi connectivity index (χ0v) is 5.71. The molecule has 0 aliphatic carbocycles. The largest absolute Gasteiger partial charge is 1.00 e. The zero-order valence-electron chi connectivity index (χ0n) is 4.96. The van der Waals surface area contributed by atoms with Crippen LogP contribution in [0.1, 0.15) is 20.8 Å². The lowest BCUT2D eigenvalue weighted by Crippen LogP contribution is -3.00. The molecule has 3 N–H and O–H groups in total. The van der Waals surface area contributed by atoms with Crippen LogP contribution in [0.4, 0.5) is 0 Å². The Kier molecular flexibility index (Phi) is 4.75. The minimum atomic E-state index is 0. The molecular weight excluding hydrogens is 112 g/mol. The van der Waals surface area contributed by atoms with Crippen molar-refractivity contribution in [1.82, 2.24) is 5.43 Å². The van der Waals surface area contributed by atoms with E-state index in [2.05, 4.69) is 5.43 Å². The van der Waals surface area contributed by atoms with Crippen molar-refractivity contribution in [3.05, 3.63) is 0 Å². The summed E-state index contributed by atoms with van der Waals surface area (Å²) in [5.41, 5.74) is 2.67. The van der Waals surface area contributed by atoms with E-state index in [9.17, 15) is 0 Å². The second kappa shape index (κ2) is 3.24. The van der Waals surface area contributed by atoms with Gasteiger partial charge in [-0.1, -0.05) is 0 Å². The Bertz CT molecular complexity index is 39.4. The van der Waals surface area contributed by atoms with E-state index in [0.717, 1.165) is 0 Å². The third kappa shape index (κ3) is 10.7. The predicted molar refractivity (Wildman–Crippen MR) is 27.1 cm³/mol. The summed E-state index contributed by atoms with van der Waals surface area (Å²) in [5.74, 6) is 5.06. The minimum Gasteiger partial charge on any atom is -1.00 e. The van der Waals surface area contributed by atoms with Gasteiger partial charge in [0.05, 0.1) is 0 Å². The monoisotopic (exact) mass is 123 g/mol. The van der Waals surface area contributed by atoms with Gasteiger partial charge < -0.3 is 12.4 Å². The van der Waals surface area contributed by atoms with E-state index in [-0.39, 0.29) is 17.9 Å². The van der Waals surface area contributed by atoms with Crippen LogP contribution >= 0.6 is 0 Å². The molecule has 0 aromatic heterocycles. The fourth-order valence-electron chi connectivity index (χ4n) is 0. The molecule has 0 aliphatic rings. The van der Waals surface area contributed by atoms with Gasteiger partial charge in [-0.2, -0.15) is 0 Å². The molecule has 0 aromatic carbocycles. The van der Waals surface area contributed by atoms with Gasteiger partial charge in [0, 0.05) is 5.54 Å². The summed E-state index contributed by atoms with van der Waals surface area (Å²) in [6, 6.07) is 0. The standard InChI is InChI=1S/C4H12N2.ClH/c1-4(2,3)6-5;/h6H,5H2,1-3H3;1H/p-1. The van der Waals surface area contributed by atoms with Crippen LogP contribution < -0.4 is 23.7 Å². The average molecular weight is 124 g/mol. The van der Waals surface area contributed by atoms with Crippen LogP contribution in [0.2, 0.25) is 0 Å². The molecule has 0 atom stereocenters. The van der Waals surface area contributed by atoms with Crippen molar-refractivity contribution < 1.29 is 12.4 Å². The molecule has 0 saturated heterocycles. The van der Waals surface area contributed by atoms with Crippen LogP contribution in [0.15, 0.2) is 0 Å². The van der Waals surface area contributed by atoms with E-state index < -0.39 is 0 Å². The van der Waals surface area contributed by atoms with Crippen molar-refractivity contribution in [2.45, 2.75) is 26.3 Å². The van der Waals surface area contributed by atoms with Gasteiger partial charge in [-0.25, -0.2) is 0 Å². The van der Waals surface area contributed by atoms with Gasteiger partial charge >= 0.3 is 0 Å². The molecule has 0 spiro atoms. The van der Waals surface area contributed by atoms with Crippen molar-refractivity contribution in [3.8, 4) is 0 Å². The molecule has 0 aromatic rings. The first-order chi connectivity index (χ1) is 2.56. The molecule has 0 aliphatic heterocycles. The van der Waals surface area contributed by atoms with E-state index in [1.54, 1.807) is 0 Å². The smallest absolute Gasteiger partial charge is 0.0236 e. The number of hydrogen-bond acceptors (Lipinski definition) is 2. The highest BCUT2D eigenvalue weighted by atomic mass is 35.5. The molecule has 0 fully saturated rings. The van der Waals surface area contributed by atoms with Gasteiger partial charge in [-0.05, 0) is 20.8 Å². The zero-order chi connectivity index (χ0) is 5.21. The minimum absolute atomic E-state index is 0. The highest BCUT2D eigenvalue weighted by molar-refractivity contribution is 4.63. The lowest BCUT2D eigenvalue weighted by molar-refractivity contribution is -0.00000210. The molecule has 46 valence electrons. The molecule has 0 rings (SSSR count). The fourth-order valence-corrected chi connectivity index (χ4v) is 0. The molecule has 3 heteroatoms. The number of nitrogens with two attached hydrogens (primary N) is 1. The Morgan fingerprint density at radius 3 is 1.43 bits per heavy atom. The third-order valence-corrected chi connectivity index (χ3v) is 0.433. The Hall–Kier alpha value is 0.210. The Balaban J connectivity index is 0. The van der Waals surface area contributed by atoms with Crippen LogP contribution in [-0.4, -0.2) is 5.54 Å². The molecule has 0 amide bonds. The molecule has 0 bridgehead atoms. The fraction of sp³-hybridized carbons (Fsp3) is 1.00. The summed E-state index contributed by atoms with van der Waals surface area (Å²) < 4.78 is 0. The second-order valence-corrected chi connectivity index (χ2v) is 2.39. The summed E-state index contributed by atoms with van der Waals surface area (Å²) >= 11 is 0. The van der Waals surface area contributed by atoms with Crippen molar-refractivity contribution in [2.75, 3.05) is 0 Å². The third-order valence-electron chi connectivity index (χ3n) is 0.433. The first-order valence-corrected chi connectivity index (χ1v) is 2.04. The van der Waals surface area contributed by atoms with Gasteiger partial charge in [0.1, 0.15) is 0 Å². The number of hydrazine groups is 1. The summed E-state index contributed by atoms with van der Waals surface area (Å²) in [4.78, 5) is 0. The van der Waals surface area contributed by atoms with Crippen LogP contribution in [0, 0.1) is 0 Å². The molecule has 7 heavy (non-hydrogen) atoms. The lowest BCUT2D eigenvalue weighted by atomic mass is 10.1. The molecule has 0 unspecified atom stereocenters. The lowest BCUT2D eigenvalue weighted by Gasteiger charge is -2.14. The van der Waals surface area contributed by atoms with Crippen LogP contribution in [0.5, 0.6) is 0 Å². The molecule has 0 saturated carbocycles. The van der Waals surface area contributed by atoms with Crippen LogP contribution in [0.25, 0.3) is 0 Å². The van der Waals surface area contributed by atoms with Crippen molar-refractivity contribution in [3.63, 3.8) is 0 Å². The number of halogens is 1. The normalized spacial score (nSPS) is 10.3. The number of nitrogens with one attached hydrogen (secondary N) is 1. The van der Waals surface area contributed by atoms with Gasteiger partial charge in [-0.3, -0.25) is 11.3 Å². The van der Waals surface area contributed by atoms with Crippen molar-refractivity contribution in [1.29, 1.82) is 0 Å². The van der Waals surface area contributed by atoms with Crippen LogP contribution in [0.3, 0.4) is 0 Å². The molecular formula is C4H12ClN2-. The first-order valence-electron chi connectivity index (χ1n) is 2.04. The molecule has 2 nitrogen and oxygen atoms in total. The topological polar surface area (TPSA) is 38.0 Å². The van der Waals surface area contributed by atoms with E-state index >= 15 is 0 Å². The second-order valence-electron chi connectivity index (χ2n) is 2.39. The average Bonchev–Trinajstić information content (AvgIpc) is 1.35. The van der Waals surface area contributed by atoms with Gasteiger partial charge in [0.25, 0.3) is 0 Å². The van der Waals surface area contributed by atoms with Crippen molar-refractivity contribution in [2.24, 2.45) is 5.84 Å².